The van der Waals surface area contributed by atoms with Crippen molar-refractivity contribution in [1.29, 1.82) is 0 Å². The Balaban J connectivity index is 1.42. The molecule has 1 aliphatic rings. The van der Waals surface area contributed by atoms with Gasteiger partial charge in [0.25, 0.3) is 11.8 Å². The molecule has 3 N–H and O–H groups in total. The van der Waals surface area contributed by atoms with Crippen LogP contribution in [0.4, 0.5) is 5.82 Å². The second kappa shape index (κ2) is 6.77. The zero-order chi connectivity index (χ0) is 17.9. The number of carbonyl (C=O) groups excluding carboxylic acids is 2. The summed E-state index contributed by atoms with van der Waals surface area (Å²) >= 11 is 0. The van der Waals surface area contributed by atoms with Crippen LogP contribution in [0.5, 0.6) is 0 Å². The van der Waals surface area contributed by atoms with Crippen molar-refractivity contribution < 1.29 is 9.59 Å². The van der Waals surface area contributed by atoms with Crippen LogP contribution >= 0.6 is 0 Å². The number of nitrogens with zero attached hydrogens (tertiary/aromatic N) is 3. The molecule has 0 saturated heterocycles. The molecule has 26 heavy (non-hydrogen) atoms. The molecule has 3 aromatic rings. The fourth-order valence-electron chi connectivity index (χ4n) is 2.80. The van der Waals surface area contributed by atoms with Crippen molar-refractivity contribution in [2.45, 2.75) is 13.1 Å². The van der Waals surface area contributed by atoms with Gasteiger partial charge in [0.2, 0.25) is 0 Å². The number of rotatable bonds is 4. The molecule has 0 bridgehead atoms. The summed E-state index contributed by atoms with van der Waals surface area (Å²) in [6, 6.07) is 12.2. The molecule has 1 aliphatic heterocycles. The molecule has 0 atom stereocenters. The summed E-state index contributed by atoms with van der Waals surface area (Å²) in [7, 11) is 0. The fraction of sp³-hybridized carbons (Fsp3) is 0.111. The van der Waals surface area contributed by atoms with E-state index in [0.29, 0.717) is 30.0 Å². The Kier molecular flexibility index (Phi) is 4.16. The van der Waals surface area contributed by atoms with E-state index in [0.717, 1.165) is 11.3 Å². The summed E-state index contributed by atoms with van der Waals surface area (Å²) in [5, 5.41) is 11.7. The van der Waals surface area contributed by atoms with Gasteiger partial charge in [-0.15, -0.1) is 0 Å². The Morgan fingerprint density at radius 1 is 0.962 bits per heavy atom. The number of anilines is 1. The number of pyridine rings is 1. The van der Waals surface area contributed by atoms with E-state index in [2.05, 4.69) is 25.9 Å². The van der Waals surface area contributed by atoms with E-state index in [1.165, 1.54) is 0 Å². The Morgan fingerprint density at radius 3 is 2.46 bits per heavy atom. The van der Waals surface area contributed by atoms with Crippen molar-refractivity contribution in [3.63, 3.8) is 0 Å². The van der Waals surface area contributed by atoms with Crippen molar-refractivity contribution in [2.24, 2.45) is 0 Å². The van der Waals surface area contributed by atoms with Gasteiger partial charge in [0, 0.05) is 35.6 Å². The van der Waals surface area contributed by atoms with E-state index in [9.17, 15) is 9.59 Å². The van der Waals surface area contributed by atoms with Gasteiger partial charge in [0.15, 0.2) is 5.82 Å². The van der Waals surface area contributed by atoms with Crippen molar-refractivity contribution >= 4 is 17.6 Å². The van der Waals surface area contributed by atoms with Crippen LogP contribution in [0.2, 0.25) is 0 Å². The minimum absolute atomic E-state index is 0.208. The molecule has 1 aromatic carbocycles. The summed E-state index contributed by atoms with van der Waals surface area (Å²) in [6.45, 7) is 0.938. The highest BCUT2D eigenvalue weighted by Gasteiger charge is 2.27. The molecule has 0 spiro atoms. The SMILES string of the molecule is O=C(Nc1n[nH]c2c1CN(NC(=O)c1ccncc1)C2)c1ccccc1. The van der Waals surface area contributed by atoms with Crippen molar-refractivity contribution in [2.75, 3.05) is 5.32 Å². The normalized spacial score (nSPS) is 13.2. The predicted octanol–water partition coefficient (Wildman–Crippen LogP) is 1.72. The Bertz CT molecular complexity index is 939. The van der Waals surface area contributed by atoms with Gasteiger partial charge < -0.3 is 5.32 Å². The number of hydrogen-bond donors (Lipinski definition) is 3. The molecule has 8 heteroatoms. The van der Waals surface area contributed by atoms with E-state index in [1.54, 1.807) is 53.8 Å². The molecule has 2 aromatic heterocycles. The van der Waals surface area contributed by atoms with Gasteiger partial charge in [-0.25, -0.2) is 5.01 Å². The molecule has 8 nitrogen and oxygen atoms in total. The molecular weight excluding hydrogens is 332 g/mol. The first-order valence-corrected chi connectivity index (χ1v) is 8.09. The van der Waals surface area contributed by atoms with Gasteiger partial charge in [-0.05, 0) is 24.3 Å². The van der Waals surface area contributed by atoms with Crippen LogP contribution in [0.3, 0.4) is 0 Å². The first-order valence-electron chi connectivity index (χ1n) is 8.09. The zero-order valence-corrected chi connectivity index (χ0v) is 13.8. The second-order valence-corrected chi connectivity index (χ2v) is 5.88. The lowest BCUT2D eigenvalue weighted by Gasteiger charge is -2.16. The van der Waals surface area contributed by atoms with Crippen LogP contribution in [0.1, 0.15) is 32.0 Å². The lowest BCUT2D eigenvalue weighted by atomic mass is 10.2. The number of hydrazine groups is 1. The van der Waals surface area contributed by atoms with E-state index in [-0.39, 0.29) is 11.8 Å². The maximum atomic E-state index is 12.3. The van der Waals surface area contributed by atoms with Crippen molar-refractivity contribution in [3.05, 3.63) is 77.2 Å². The largest absolute Gasteiger partial charge is 0.305 e. The molecule has 0 aliphatic carbocycles. The van der Waals surface area contributed by atoms with Gasteiger partial charge in [-0.2, -0.15) is 5.10 Å². The molecule has 0 fully saturated rings. The molecule has 4 rings (SSSR count). The van der Waals surface area contributed by atoms with E-state index >= 15 is 0 Å². The molecular formula is C18H16N6O2. The van der Waals surface area contributed by atoms with Crippen molar-refractivity contribution in [3.8, 4) is 0 Å². The monoisotopic (exact) mass is 348 g/mol. The minimum atomic E-state index is -0.223. The molecule has 0 unspecified atom stereocenters. The van der Waals surface area contributed by atoms with E-state index < -0.39 is 0 Å². The number of aromatic nitrogens is 3. The molecule has 3 heterocycles. The van der Waals surface area contributed by atoms with Gasteiger partial charge in [0.05, 0.1) is 12.2 Å². The van der Waals surface area contributed by atoms with Crippen LogP contribution in [0.15, 0.2) is 54.9 Å². The average Bonchev–Trinajstić information content (AvgIpc) is 3.24. The van der Waals surface area contributed by atoms with Crippen LogP contribution in [-0.2, 0) is 13.1 Å². The summed E-state index contributed by atoms with van der Waals surface area (Å²) in [4.78, 5) is 28.4. The van der Waals surface area contributed by atoms with Crippen LogP contribution in [0.25, 0.3) is 0 Å². The van der Waals surface area contributed by atoms with Crippen molar-refractivity contribution in [1.82, 2.24) is 25.6 Å². The number of carbonyl (C=O) groups is 2. The van der Waals surface area contributed by atoms with Gasteiger partial charge in [0.1, 0.15) is 0 Å². The summed E-state index contributed by atoms with van der Waals surface area (Å²) in [5.74, 6) is 0.0501. The second-order valence-electron chi connectivity index (χ2n) is 5.88. The maximum absolute atomic E-state index is 12.3. The van der Waals surface area contributed by atoms with E-state index in [1.807, 2.05) is 6.07 Å². The first-order chi connectivity index (χ1) is 12.7. The Morgan fingerprint density at radius 2 is 1.69 bits per heavy atom. The van der Waals surface area contributed by atoms with Gasteiger partial charge in [-0.3, -0.25) is 25.1 Å². The Labute approximate surface area is 149 Å². The number of nitrogens with one attached hydrogen (secondary N) is 3. The van der Waals surface area contributed by atoms with Gasteiger partial charge >= 0.3 is 0 Å². The quantitative estimate of drug-likeness (QED) is 0.666. The number of aromatic amines is 1. The lowest BCUT2D eigenvalue weighted by molar-refractivity contribution is 0.0781. The highest BCUT2D eigenvalue weighted by Crippen LogP contribution is 2.26. The standard InChI is InChI=1S/C18H16N6O2/c25-17(12-4-2-1-3-5-12)20-16-14-10-24(11-15(14)21-22-16)23-18(26)13-6-8-19-9-7-13/h1-9H,10-11H2,(H,23,26)(H2,20,21,22,25). The third-order valence-corrected chi connectivity index (χ3v) is 4.12. The number of H-pyrrole nitrogens is 1. The third kappa shape index (κ3) is 3.17. The third-order valence-electron chi connectivity index (χ3n) is 4.12. The predicted molar refractivity (Wildman–Crippen MR) is 93.9 cm³/mol. The topological polar surface area (TPSA) is 103 Å². The summed E-state index contributed by atoms with van der Waals surface area (Å²) < 4.78 is 0. The first kappa shape index (κ1) is 16.0. The summed E-state index contributed by atoms with van der Waals surface area (Å²) in [6.07, 6.45) is 3.14. The Hall–Kier alpha value is -3.52. The van der Waals surface area contributed by atoms with Crippen LogP contribution in [-0.4, -0.2) is 32.0 Å². The minimum Gasteiger partial charge on any atom is -0.305 e. The number of fused-ring (bicyclic) bond motifs is 1. The molecule has 0 radical (unpaired) electrons. The average molecular weight is 348 g/mol. The van der Waals surface area contributed by atoms with Crippen LogP contribution in [0, 0.1) is 0 Å². The maximum Gasteiger partial charge on any atom is 0.265 e. The lowest BCUT2D eigenvalue weighted by Crippen LogP contribution is -2.38. The van der Waals surface area contributed by atoms with Crippen LogP contribution < -0.4 is 10.7 Å². The van der Waals surface area contributed by atoms with E-state index in [4.69, 9.17) is 0 Å². The summed E-state index contributed by atoms with van der Waals surface area (Å²) in [5.41, 5.74) is 5.67. The highest BCUT2D eigenvalue weighted by atomic mass is 16.2. The molecule has 130 valence electrons. The van der Waals surface area contributed by atoms with Gasteiger partial charge in [-0.1, -0.05) is 18.2 Å². The smallest absolute Gasteiger partial charge is 0.265 e. The highest BCUT2D eigenvalue weighted by molar-refractivity contribution is 6.04. The molecule has 2 amide bonds. The number of hydrogen-bond acceptors (Lipinski definition) is 5. The fourth-order valence-corrected chi connectivity index (χ4v) is 2.80. The molecule has 0 saturated carbocycles. The number of amides is 2. The number of benzene rings is 1. The zero-order valence-electron chi connectivity index (χ0n) is 13.8.